The molecule has 0 aromatic heterocycles. The molecule has 12 heteroatoms. The minimum atomic E-state index is -2.66. The van der Waals surface area contributed by atoms with Crippen LogP contribution in [0, 0.1) is 10.8 Å². The fourth-order valence-electron chi connectivity index (χ4n) is 4.07. The topological polar surface area (TPSA) is 186 Å². The molecule has 12 nitrogen and oxygen atoms in total. The molecule has 9 N–H and O–H groups in total. The lowest BCUT2D eigenvalue weighted by atomic mass is 9.85. The van der Waals surface area contributed by atoms with E-state index in [0.717, 1.165) is 0 Å². The summed E-state index contributed by atoms with van der Waals surface area (Å²) in [5.74, 6) is -3.06. The molecule has 1 unspecified atom stereocenters. The molecule has 3 aliphatic rings. The Kier molecular flexibility index (Phi) is 4.06. The van der Waals surface area contributed by atoms with Crippen molar-refractivity contribution >= 4 is 23.7 Å². The first-order chi connectivity index (χ1) is 13.3. The normalized spacial score (nSPS) is 32.5. The maximum Gasteiger partial charge on any atom is 0.412 e. The zero-order valence-electron chi connectivity index (χ0n) is 14.6. The standard InChI is InChI=1S/C16H21N7O5/c17-12-21-11-9(7-24)20-13(18)23-6-10(16(26,27)15(11,23)22-12)28-14(25)19-8-4-2-1-3-5-8/h1-5,9-11,24,26-27H,6-7H2,(H2,18,20)(H,19,25)(H3,17,21,22)/t9-,10-,11?,15-/m0/s1. The molecule has 1 aromatic carbocycles. The monoisotopic (exact) mass is 391 g/mol. The van der Waals surface area contributed by atoms with Crippen LogP contribution < -0.4 is 21.3 Å². The lowest BCUT2D eigenvalue weighted by molar-refractivity contribution is -0.257. The molecule has 4 rings (SSSR count). The number of para-hydroxylation sites is 1. The van der Waals surface area contributed by atoms with E-state index in [9.17, 15) is 20.1 Å². The summed E-state index contributed by atoms with van der Waals surface area (Å²) in [6.07, 6.45) is -2.32. The Balaban J connectivity index is 1.61. The molecule has 4 atom stereocenters. The minimum Gasteiger partial charge on any atom is -0.438 e. The van der Waals surface area contributed by atoms with Crippen molar-refractivity contribution in [3.8, 4) is 0 Å². The highest BCUT2D eigenvalue weighted by Gasteiger charge is 2.75. The Morgan fingerprint density at radius 1 is 1.29 bits per heavy atom. The van der Waals surface area contributed by atoms with Crippen molar-refractivity contribution < 1.29 is 24.9 Å². The van der Waals surface area contributed by atoms with Crippen molar-refractivity contribution in [1.82, 2.24) is 20.9 Å². The number of hydrogen-bond donors (Lipinski definition) is 9. The van der Waals surface area contributed by atoms with Crippen LogP contribution in [-0.2, 0) is 4.74 Å². The van der Waals surface area contributed by atoms with Crippen LogP contribution in [0.2, 0.25) is 0 Å². The Morgan fingerprint density at radius 2 is 2.00 bits per heavy atom. The second kappa shape index (κ2) is 6.22. The molecule has 150 valence electrons. The summed E-state index contributed by atoms with van der Waals surface area (Å²) in [7, 11) is 0. The number of carbonyl (C=O) groups excluding carboxylic acids is 1. The lowest BCUT2D eigenvalue weighted by Crippen LogP contribution is -2.80. The zero-order chi connectivity index (χ0) is 20.1. The third kappa shape index (κ3) is 2.46. The maximum atomic E-state index is 12.3. The number of guanidine groups is 2. The Labute approximate surface area is 159 Å². The van der Waals surface area contributed by atoms with E-state index in [2.05, 4.69) is 21.3 Å². The summed E-state index contributed by atoms with van der Waals surface area (Å²) in [6.45, 7) is -0.627. The highest BCUT2D eigenvalue weighted by atomic mass is 16.6. The smallest absolute Gasteiger partial charge is 0.412 e. The van der Waals surface area contributed by atoms with Gasteiger partial charge >= 0.3 is 6.09 Å². The number of aliphatic hydroxyl groups is 3. The number of hydrogen-bond acceptors (Lipinski definition) is 7. The molecule has 3 fully saturated rings. The van der Waals surface area contributed by atoms with Gasteiger partial charge in [0.15, 0.2) is 23.7 Å². The molecule has 0 bridgehead atoms. The number of anilines is 1. The fraction of sp³-hybridized carbons (Fsp3) is 0.438. The first-order valence-electron chi connectivity index (χ1n) is 8.64. The van der Waals surface area contributed by atoms with Crippen molar-refractivity contribution in [2.45, 2.75) is 29.6 Å². The van der Waals surface area contributed by atoms with Crippen molar-refractivity contribution in [1.29, 1.82) is 10.8 Å². The van der Waals surface area contributed by atoms with E-state index < -0.39 is 42.3 Å². The molecule has 0 radical (unpaired) electrons. The third-order valence-electron chi connectivity index (χ3n) is 5.31. The lowest BCUT2D eigenvalue weighted by Gasteiger charge is -2.50. The predicted octanol–water partition coefficient (Wildman–Crippen LogP) is -2.31. The number of benzene rings is 1. The molecule has 3 heterocycles. The predicted molar refractivity (Wildman–Crippen MR) is 96.5 cm³/mol. The second-order valence-electron chi connectivity index (χ2n) is 6.89. The van der Waals surface area contributed by atoms with E-state index in [1.54, 1.807) is 30.3 Å². The summed E-state index contributed by atoms with van der Waals surface area (Å²) in [5, 5.41) is 58.3. The highest BCUT2D eigenvalue weighted by Crippen LogP contribution is 2.43. The summed E-state index contributed by atoms with van der Waals surface area (Å²) >= 11 is 0. The van der Waals surface area contributed by atoms with Gasteiger partial charge in [-0.2, -0.15) is 0 Å². The largest absolute Gasteiger partial charge is 0.438 e. The van der Waals surface area contributed by atoms with Gasteiger partial charge in [0, 0.05) is 5.69 Å². The summed E-state index contributed by atoms with van der Waals surface area (Å²) in [5.41, 5.74) is -1.30. The van der Waals surface area contributed by atoms with Crippen LogP contribution in [0.1, 0.15) is 0 Å². The van der Waals surface area contributed by atoms with Crippen LogP contribution in [0.5, 0.6) is 0 Å². The van der Waals surface area contributed by atoms with Crippen molar-refractivity contribution in [2.24, 2.45) is 0 Å². The number of aliphatic hydroxyl groups excluding tert-OH is 1. The van der Waals surface area contributed by atoms with Gasteiger partial charge in [0.05, 0.1) is 25.2 Å². The number of nitrogens with zero attached hydrogens (tertiary/aromatic N) is 1. The molecule has 3 saturated heterocycles. The van der Waals surface area contributed by atoms with E-state index >= 15 is 0 Å². The Bertz CT molecular complexity index is 819. The third-order valence-corrected chi connectivity index (χ3v) is 5.31. The maximum absolute atomic E-state index is 12.3. The van der Waals surface area contributed by atoms with Crippen LogP contribution in [-0.4, -0.2) is 81.0 Å². The van der Waals surface area contributed by atoms with Gasteiger partial charge in [0.2, 0.25) is 5.79 Å². The van der Waals surface area contributed by atoms with Crippen LogP contribution in [0.4, 0.5) is 10.5 Å². The Hall–Kier alpha value is -3.09. The van der Waals surface area contributed by atoms with Gasteiger partial charge in [-0.3, -0.25) is 16.1 Å². The highest BCUT2D eigenvalue weighted by molar-refractivity contribution is 5.88. The molecule has 0 aliphatic carbocycles. The van der Waals surface area contributed by atoms with E-state index in [0.29, 0.717) is 5.69 Å². The Morgan fingerprint density at radius 3 is 2.68 bits per heavy atom. The molecule has 1 amide bonds. The van der Waals surface area contributed by atoms with Crippen LogP contribution in [0.15, 0.2) is 30.3 Å². The number of amides is 1. The molecule has 3 aliphatic heterocycles. The van der Waals surface area contributed by atoms with Gasteiger partial charge in [-0.25, -0.2) is 4.79 Å². The molecule has 1 spiro atoms. The number of nitrogens with one attached hydrogen (secondary N) is 6. The zero-order valence-corrected chi connectivity index (χ0v) is 14.6. The van der Waals surface area contributed by atoms with E-state index in [1.165, 1.54) is 4.90 Å². The van der Waals surface area contributed by atoms with Gasteiger partial charge < -0.3 is 40.9 Å². The van der Waals surface area contributed by atoms with Crippen molar-refractivity contribution in [3.05, 3.63) is 30.3 Å². The molecule has 0 saturated carbocycles. The minimum absolute atomic E-state index is 0.193. The van der Waals surface area contributed by atoms with Gasteiger partial charge in [0.1, 0.15) is 0 Å². The van der Waals surface area contributed by atoms with E-state index in [-0.39, 0.29) is 18.5 Å². The first-order valence-corrected chi connectivity index (χ1v) is 8.64. The number of rotatable bonds is 3. The van der Waals surface area contributed by atoms with Crippen LogP contribution in [0.3, 0.4) is 0 Å². The van der Waals surface area contributed by atoms with Crippen molar-refractivity contribution in [2.75, 3.05) is 18.5 Å². The number of ether oxygens (including phenoxy) is 1. The molecule has 1 aromatic rings. The van der Waals surface area contributed by atoms with Gasteiger partial charge in [-0.05, 0) is 12.1 Å². The van der Waals surface area contributed by atoms with Gasteiger partial charge in [-0.1, -0.05) is 18.2 Å². The number of carbonyl (C=O) groups is 1. The van der Waals surface area contributed by atoms with Gasteiger partial charge in [-0.15, -0.1) is 0 Å². The quantitative estimate of drug-likeness (QED) is 0.255. The molecular formula is C16H21N7O5. The molecule has 28 heavy (non-hydrogen) atoms. The fourth-order valence-corrected chi connectivity index (χ4v) is 4.07. The van der Waals surface area contributed by atoms with E-state index in [1.807, 2.05) is 0 Å². The molecular weight excluding hydrogens is 370 g/mol. The van der Waals surface area contributed by atoms with Crippen LogP contribution >= 0.6 is 0 Å². The summed E-state index contributed by atoms with van der Waals surface area (Å²) in [4.78, 5) is 13.5. The average Bonchev–Trinajstić information content (AvgIpc) is 3.11. The van der Waals surface area contributed by atoms with E-state index in [4.69, 9.17) is 15.6 Å². The second-order valence-corrected chi connectivity index (χ2v) is 6.89. The summed E-state index contributed by atoms with van der Waals surface area (Å²) < 4.78 is 5.26. The van der Waals surface area contributed by atoms with Gasteiger partial charge in [0.25, 0.3) is 0 Å². The van der Waals surface area contributed by atoms with Crippen LogP contribution in [0.25, 0.3) is 0 Å². The SMILES string of the molecule is N=C1NC2[C@H](CO)NC(=N)N3C[C@H](OC(=O)Nc4ccccc4)C(O)(O)[C@]23N1. The first kappa shape index (κ1) is 18.3. The summed E-state index contributed by atoms with van der Waals surface area (Å²) in [6, 6.07) is 6.87. The average molecular weight is 391 g/mol. The van der Waals surface area contributed by atoms with Crippen molar-refractivity contribution in [3.63, 3.8) is 0 Å².